The molecule has 3 heteroatoms. The minimum Gasteiger partial charge on any atom is -0.382 e. The minimum atomic E-state index is 0.227. The van der Waals surface area contributed by atoms with Gasteiger partial charge in [0.2, 0.25) is 0 Å². The van der Waals surface area contributed by atoms with Gasteiger partial charge >= 0.3 is 0 Å². The van der Waals surface area contributed by atoms with E-state index in [1.807, 2.05) is 0 Å². The zero-order valence-corrected chi connectivity index (χ0v) is 10.8. The van der Waals surface area contributed by atoms with Gasteiger partial charge in [-0.3, -0.25) is 0 Å². The molecule has 16 heavy (non-hydrogen) atoms. The molecule has 0 heterocycles. The molecule has 0 aromatic rings. The van der Waals surface area contributed by atoms with Crippen LogP contribution in [0.3, 0.4) is 0 Å². The van der Waals surface area contributed by atoms with Gasteiger partial charge in [0.1, 0.15) is 0 Å². The first-order valence-corrected chi connectivity index (χ1v) is 6.54. The van der Waals surface area contributed by atoms with Gasteiger partial charge in [-0.05, 0) is 33.2 Å². The van der Waals surface area contributed by atoms with Crippen molar-refractivity contribution in [3.05, 3.63) is 0 Å². The fourth-order valence-corrected chi connectivity index (χ4v) is 3.60. The summed E-state index contributed by atoms with van der Waals surface area (Å²) in [4.78, 5) is 0. The molecule has 0 aromatic heterocycles. The molecule has 3 unspecified atom stereocenters. The fourth-order valence-electron chi connectivity index (χ4n) is 3.60. The lowest BCUT2D eigenvalue weighted by Gasteiger charge is -2.54. The Labute approximate surface area is 98.9 Å². The average molecular weight is 227 g/mol. The molecule has 2 aliphatic rings. The predicted molar refractivity (Wildman–Crippen MR) is 64.6 cm³/mol. The quantitative estimate of drug-likeness (QED) is 0.779. The normalized spacial score (nSPS) is 33.9. The average Bonchev–Trinajstić information content (AvgIpc) is 2.75. The van der Waals surface area contributed by atoms with Crippen LogP contribution in [-0.4, -0.2) is 39.0 Å². The number of methoxy groups -OCH3 is 1. The van der Waals surface area contributed by atoms with Crippen molar-refractivity contribution in [2.75, 3.05) is 20.8 Å². The Balaban J connectivity index is 1.91. The van der Waals surface area contributed by atoms with Crippen LogP contribution in [0.2, 0.25) is 0 Å². The molecule has 0 aromatic carbocycles. The van der Waals surface area contributed by atoms with Crippen LogP contribution in [0.1, 0.15) is 39.0 Å². The Kier molecular flexibility index (Phi) is 3.88. The molecular weight excluding hydrogens is 202 g/mol. The summed E-state index contributed by atoms with van der Waals surface area (Å²) in [6.45, 7) is 2.82. The maximum atomic E-state index is 6.13. The predicted octanol–water partition coefficient (Wildman–Crippen LogP) is 1.96. The first-order valence-electron chi connectivity index (χ1n) is 6.54. The van der Waals surface area contributed by atoms with Crippen molar-refractivity contribution in [2.24, 2.45) is 5.41 Å². The summed E-state index contributed by atoms with van der Waals surface area (Å²) in [6.07, 6.45) is 7.27. The number of ether oxygens (including phenoxy) is 2. The van der Waals surface area contributed by atoms with Gasteiger partial charge in [-0.25, -0.2) is 0 Å². The van der Waals surface area contributed by atoms with E-state index in [0.717, 1.165) is 0 Å². The van der Waals surface area contributed by atoms with E-state index in [4.69, 9.17) is 9.47 Å². The summed E-state index contributed by atoms with van der Waals surface area (Å²) in [5, 5.41) is 3.46. The van der Waals surface area contributed by atoms with Crippen LogP contribution < -0.4 is 5.32 Å². The summed E-state index contributed by atoms with van der Waals surface area (Å²) >= 11 is 0. The van der Waals surface area contributed by atoms with Crippen molar-refractivity contribution in [1.29, 1.82) is 0 Å². The summed E-state index contributed by atoms with van der Waals surface area (Å²) in [5.74, 6) is 0. The Morgan fingerprint density at radius 3 is 2.62 bits per heavy atom. The maximum Gasteiger partial charge on any atom is 0.0784 e. The van der Waals surface area contributed by atoms with Crippen molar-refractivity contribution in [3.63, 3.8) is 0 Å². The number of rotatable bonds is 5. The molecule has 3 atom stereocenters. The highest BCUT2D eigenvalue weighted by Crippen LogP contribution is 2.54. The maximum absolute atomic E-state index is 6.13. The molecule has 0 radical (unpaired) electrons. The second kappa shape index (κ2) is 5.03. The van der Waals surface area contributed by atoms with Crippen LogP contribution in [0.4, 0.5) is 0 Å². The molecule has 3 nitrogen and oxygen atoms in total. The van der Waals surface area contributed by atoms with Crippen LogP contribution in [-0.2, 0) is 9.47 Å². The van der Waals surface area contributed by atoms with E-state index in [0.29, 0.717) is 24.2 Å². The highest BCUT2D eigenvalue weighted by molar-refractivity contribution is 5.09. The van der Waals surface area contributed by atoms with Gasteiger partial charge < -0.3 is 14.8 Å². The first kappa shape index (κ1) is 12.3. The van der Waals surface area contributed by atoms with Gasteiger partial charge in [-0.1, -0.05) is 12.8 Å². The first-order chi connectivity index (χ1) is 7.73. The molecule has 2 aliphatic carbocycles. The molecule has 2 fully saturated rings. The topological polar surface area (TPSA) is 30.5 Å². The summed E-state index contributed by atoms with van der Waals surface area (Å²) in [6, 6.07) is 0.676. The molecule has 2 rings (SSSR count). The molecule has 0 bridgehead atoms. The monoisotopic (exact) mass is 227 g/mol. The zero-order chi connectivity index (χ0) is 11.6. The summed E-state index contributed by atoms with van der Waals surface area (Å²) in [7, 11) is 3.82. The lowest BCUT2D eigenvalue weighted by atomic mass is 9.60. The molecule has 0 amide bonds. The number of nitrogens with one attached hydrogen (secondary N) is 1. The van der Waals surface area contributed by atoms with E-state index >= 15 is 0 Å². The van der Waals surface area contributed by atoms with Crippen LogP contribution in [0.15, 0.2) is 0 Å². The third-order valence-corrected chi connectivity index (χ3v) is 4.47. The summed E-state index contributed by atoms with van der Waals surface area (Å²) < 4.78 is 11.3. The van der Waals surface area contributed by atoms with Gasteiger partial charge in [0.15, 0.2) is 0 Å². The Hall–Kier alpha value is -0.120. The highest BCUT2D eigenvalue weighted by Gasteiger charge is 2.56. The standard InChI is InChI=1S/C13H25NO2/c1-10(9-15-3)16-12-8-11(14-2)13(12)6-4-5-7-13/h10-12,14H,4-9H2,1-3H3. The van der Waals surface area contributed by atoms with Crippen molar-refractivity contribution >= 4 is 0 Å². The van der Waals surface area contributed by atoms with E-state index < -0.39 is 0 Å². The third-order valence-electron chi connectivity index (χ3n) is 4.47. The molecule has 1 N–H and O–H groups in total. The zero-order valence-electron chi connectivity index (χ0n) is 10.8. The molecule has 94 valence electrons. The van der Waals surface area contributed by atoms with E-state index in [9.17, 15) is 0 Å². The number of hydrogen-bond donors (Lipinski definition) is 1. The lowest BCUT2D eigenvalue weighted by molar-refractivity contribution is -0.164. The minimum absolute atomic E-state index is 0.227. The van der Waals surface area contributed by atoms with Crippen LogP contribution in [0, 0.1) is 5.41 Å². The van der Waals surface area contributed by atoms with Gasteiger partial charge in [0, 0.05) is 18.6 Å². The largest absolute Gasteiger partial charge is 0.382 e. The van der Waals surface area contributed by atoms with Crippen molar-refractivity contribution in [2.45, 2.75) is 57.3 Å². The SMILES string of the molecule is CNC1CC(OC(C)COC)C12CCCC2. The van der Waals surface area contributed by atoms with E-state index in [-0.39, 0.29) is 6.10 Å². The second-order valence-electron chi connectivity index (χ2n) is 5.41. The van der Waals surface area contributed by atoms with Crippen molar-refractivity contribution in [3.8, 4) is 0 Å². The highest BCUT2D eigenvalue weighted by atomic mass is 16.5. The van der Waals surface area contributed by atoms with Crippen LogP contribution in [0.25, 0.3) is 0 Å². The molecular formula is C13H25NO2. The Morgan fingerprint density at radius 2 is 2.06 bits per heavy atom. The van der Waals surface area contributed by atoms with Gasteiger partial charge in [0.05, 0.1) is 18.8 Å². The van der Waals surface area contributed by atoms with Gasteiger partial charge in [-0.2, -0.15) is 0 Å². The van der Waals surface area contributed by atoms with Crippen molar-refractivity contribution in [1.82, 2.24) is 5.32 Å². The van der Waals surface area contributed by atoms with E-state index in [1.54, 1.807) is 7.11 Å². The third kappa shape index (κ3) is 2.01. The molecule has 0 saturated heterocycles. The van der Waals surface area contributed by atoms with Crippen LogP contribution in [0.5, 0.6) is 0 Å². The molecule has 0 aliphatic heterocycles. The van der Waals surface area contributed by atoms with E-state index in [1.165, 1.54) is 32.1 Å². The van der Waals surface area contributed by atoms with Crippen LogP contribution >= 0.6 is 0 Å². The molecule has 1 spiro atoms. The summed E-state index contributed by atoms with van der Waals surface area (Å²) in [5.41, 5.74) is 0.441. The Bertz CT molecular complexity index is 226. The van der Waals surface area contributed by atoms with E-state index in [2.05, 4.69) is 19.3 Å². The lowest BCUT2D eigenvalue weighted by Crippen LogP contribution is -2.62. The smallest absolute Gasteiger partial charge is 0.0784 e. The molecule has 2 saturated carbocycles. The Morgan fingerprint density at radius 1 is 1.38 bits per heavy atom. The fraction of sp³-hybridized carbons (Fsp3) is 1.00. The second-order valence-corrected chi connectivity index (χ2v) is 5.41. The van der Waals surface area contributed by atoms with Gasteiger partial charge in [0.25, 0.3) is 0 Å². The number of hydrogen-bond acceptors (Lipinski definition) is 3. The van der Waals surface area contributed by atoms with Gasteiger partial charge in [-0.15, -0.1) is 0 Å². The van der Waals surface area contributed by atoms with Crippen molar-refractivity contribution < 1.29 is 9.47 Å².